The SMILES string of the molecule is Cn1nc(-c2ccccc2)nc1-c1cn(CCN)nn1. The van der Waals surface area contributed by atoms with Gasteiger partial charge in [-0.25, -0.2) is 9.67 Å². The molecule has 7 nitrogen and oxygen atoms in total. The zero-order valence-corrected chi connectivity index (χ0v) is 11.1. The fourth-order valence-electron chi connectivity index (χ4n) is 1.96. The van der Waals surface area contributed by atoms with E-state index in [0.717, 1.165) is 5.56 Å². The van der Waals surface area contributed by atoms with Crippen molar-refractivity contribution in [3.63, 3.8) is 0 Å². The summed E-state index contributed by atoms with van der Waals surface area (Å²) in [6, 6.07) is 9.84. The number of hydrogen-bond donors (Lipinski definition) is 1. The molecule has 0 spiro atoms. The number of nitrogens with zero attached hydrogens (tertiary/aromatic N) is 6. The van der Waals surface area contributed by atoms with Crippen LogP contribution in [0.3, 0.4) is 0 Å². The van der Waals surface area contributed by atoms with Crippen LogP contribution in [0, 0.1) is 0 Å². The summed E-state index contributed by atoms with van der Waals surface area (Å²) in [5, 5.41) is 12.5. The molecule has 0 aliphatic rings. The van der Waals surface area contributed by atoms with Gasteiger partial charge in [0, 0.05) is 19.2 Å². The van der Waals surface area contributed by atoms with Gasteiger partial charge in [-0.3, -0.25) is 4.68 Å². The number of benzene rings is 1. The van der Waals surface area contributed by atoms with Crippen molar-refractivity contribution in [2.24, 2.45) is 12.8 Å². The molecule has 0 radical (unpaired) electrons. The molecule has 2 N–H and O–H groups in total. The van der Waals surface area contributed by atoms with E-state index >= 15 is 0 Å². The summed E-state index contributed by atoms with van der Waals surface area (Å²) >= 11 is 0. The largest absolute Gasteiger partial charge is 0.329 e. The van der Waals surface area contributed by atoms with E-state index in [1.54, 1.807) is 9.36 Å². The lowest BCUT2D eigenvalue weighted by Gasteiger charge is -1.93. The third-order valence-electron chi connectivity index (χ3n) is 2.92. The number of nitrogens with two attached hydrogens (primary N) is 1. The van der Waals surface area contributed by atoms with Gasteiger partial charge in [0.2, 0.25) is 0 Å². The van der Waals surface area contributed by atoms with Gasteiger partial charge in [0.1, 0.15) is 5.69 Å². The summed E-state index contributed by atoms with van der Waals surface area (Å²) in [5.41, 5.74) is 7.16. The van der Waals surface area contributed by atoms with Crippen molar-refractivity contribution in [3.8, 4) is 22.9 Å². The summed E-state index contributed by atoms with van der Waals surface area (Å²) in [7, 11) is 1.84. The molecule has 0 bridgehead atoms. The Morgan fingerprint density at radius 3 is 2.75 bits per heavy atom. The van der Waals surface area contributed by atoms with Crippen LogP contribution in [0.2, 0.25) is 0 Å². The van der Waals surface area contributed by atoms with Gasteiger partial charge in [0.05, 0.1) is 12.7 Å². The molecule has 7 heteroatoms. The topological polar surface area (TPSA) is 87.4 Å². The zero-order chi connectivity index (χ0) is 13.9. The Kier molecular flexibility index (Phi) is 3.26. The highest BCUT2D eigenvalue weighted by molar-refractivity contribution is 5.58. The normalized spacial score (nSPS) is 10.9. The molecule has 0 saturated carbocycles. The maximum Gasteiger partial charge on any atom is 0.181 e. The van der Waals surface area contributed by atoms with E-state index in [1.807, 2.05) is 43.6 Å². The van der Waals surface area contributed by atoms with Crippen LogP contribution in [0.1, 0.15) is 0 Å². The van der Waals surface area contributed by atoms with Crippen molar-refractivity contribution < 1.29 is 0 Å². The summed E-state index contributed by atoms with van der Waals surface area (Å²) in [4.78, 5) is 4.53. The monoisotopic (exact) mass is 269 g/mol. The lowest BCUT2D eigenvalue weighted by Crippen LogP contribution is -2.10. The maximum absolute atomic E-state index is 5.50. The Morgan fingerprint density at radius 1 is 1.20 bits per heavy atom. The molecule has 0 aliphatic carbocycles. The van der Waals surface area contributed by atoms with Gasteiger partial charge < -0.3 is 5.73 Å². The maximum atomic E-state index is 5.50. The van der Waals surface area contributed by atoms with Gasteiger partial charge in [-0.1, -0.05) is 35.5 Å². The van der Waals surface area contributed by atoms with Crippen LogP contribution in [-0.4, -0.2) is 36.3 Å². The summed E-state index contributed by atoms with van der Waals surface area (Å²) in [5.74, 6) is 1.36. The van der Waals surface area contributed by atoms with Gasteiger partial charge in [-0.2, -0.15) is 5.10 Å². The fraction of sp³-hybridized carbons (Fsp3) is 0.231. The lowest BCUT2D eigenvalue weighted by atomic mass is 10.2. The fourth-order valence-corrected chi connectivity index (χ4v) is 1.96. The first kappa shape index (κ1) is 12.5. The number of aromatic nitrogens is 6. The van der Waals surface area contributed by atoms with Crippen molar-refractivity contribution in [1.82, 2.24) is 29.8 Å². The second-order valence-electron chi connectivity index (χ2n) is 4.40. The van der Waals surface area contributed by atoms with E-state index in [-0.39, 0.29) is 0 Å². The highest BCUT2D eigenvalue weighted by Crippen LogP contribution is 2.19. The van der Waals surface area contributed by atoms with Crippen LogP contribution in [0.4, 0.5) is 0 Å². The third-order valence-corrected chi connectivity index (χ3v) is 2.92. The predicted molar refractivity (Wildman–Crippen MR) is 74.5 cm³/mol. The van der Waals surface area contributed by atoms with Gasteiger partial charge in [-0.05, 0) is 0 Å². The highest BCUT2D eigenvalue weighted by Gasteiger charge is 2.13. The molecule has 0 amide bonds. The molecule has 1 aromatic carbocycles. The Morgan fingerprint density at radius 2 is 2.00 bits per heavy atom. The van der Waals surface area contributed by atoms with E-state index < -0.39 is 0 Å². The molecule has 20 heavy (non-hydrogen) atoms. The third kappa shape index (κ3) is 2.30. The van der Waals surface area contributed by atoms with Crippen LogP contribution >= 0.6 is 0 Å². The van der Waals surface area contributed by atoms with Crippen molar-refractivity contribution in [2.75, 3.05) is 6.54 Å². The van der Waals surface area contributed by atoms with E-state index in [1.165, 1.54) is 0 Å². The van der Waals surface area contributed by atoms with Gasteiger partial charge >= 0.3 is 0 Å². The molecule has 0 aliphatic heterocycles. The molecule has 0 atom stereocenters. The minimum atomic E-state index is 0.525. The molecule has 3 rings (SSSR count). The van der Waals surface area contributed by atoms with Crippen LogP contribution in [0.15, 0.2) is 36.5 Å². The Labute approximate surface area is 116 Å². The zero-order valence-electron chi connectivity index (χ0n) is 11.1. The van der Waals surface area contributed by atoms with Crippen LogP contribution in [-0.2, 0) is 13.6 Å². The average molecular weight is 269 g/mol. The van der Waals surface area contributed by atoms with E-state index in [9.17, 15) is 0 Å². The molecule has 2 aromatic heterocycles. The smallest absolute Gasteiger partial charge is 0.181 e. The average Bonchev–Trinajstić information content (AvgIpc) is 3.07. The Bertz CT molecular complexity index is 699. The molecule has 0 saturated heterocycles. The molecular weight excluding hydrogens is 254 g/mol. The molecule has 2 heterocycles. The first-order valence-corrected chi connectivity index (χ1v) is 6.35. The molecule has 102 valence electrons. The standard InChI is InChI=1S/C13H15N7/c1-19-13(11-9-20(8-7-14)18-16-11)15-12(17-19)10-5-3-2-4-6-10/h2-6,9H,7-8,14H2,1H3. The van der Waals surface area contributed by atoms with E-state index in [4.69, 9.17) is 5.73 Å². The summed E-state index contributed by atoms with van der Waals surface area (Å²) in [6.45, 7) is 1.16. The number of rotatable bonds is 4. The second-order valence-corrected chi connectivity index (χ2v) is 4.40. The van der Waals surface area contributed by atoms with Crippen LogP contribution < -0.4 is 5.73 Å². The molecule has 3 aromatic rings. The Balaban J connectivity index is 1.96. The van der Waals surface area contributed by atoms with Crippen molar-refractivity contribution in [2.45, 2.75) is 6.54 Å². The number of aryl methyl sites for hydroxylation is 1. The van der Waals surface area contributed by atoms with Crippen molar-refractivity contribution in [3.05, 3.63) is 36.5 Å². The van der Waals surface area contributed by atoms with Gasteiger partial charge in [-0.15, -0.1) is 5.10 Å². The summed E-state index contributed by atoms with van der Waals surface area (Å²) in [6.07, 6.45) is 1.83. The van der Waals surface area contributed by atoms with Gasteiger partial charge in [0.25, 0.3) is 0 Å². The first-order valence-electron chi connectivity index (χ1n) is 6.35. The van der Waals surface area contributed by atoms with E-state index in [2.05, 4.69) is 20.4 Å². The molecule has 0 fully saturated rings. The van der Waals surface area contributed by atoms with Crippen LogP contribution in [0.5, 0.6) is 0 Å². The first-order chi connectivity index (χ1) is 9.78. The van der Waals surface area contributed by atoms with Crippen molar-refractivity contribution >= 4 is 0 Å². The molecular formula is C13H15N7. The number of hydrogen-bond acceptors (Lipinski definition) is 5. The predicted octanol–water partition coefficient (Wildman–Crippen LogP) is 0.699. The van der Waals surface area contributed by atoms with Crippen LogP contribution in [0.25, 0.3) is 22.9 Å². The second kappa shape index (κ2) is 5.22. The molecule has 0 unspecified atom stereocenters. The van der Waals surface area contributed by atoms with E-state index in [0.29, 0.717) is 30.4 Å². The van der Waals surface area contributed by atoms with Crippen molar-refractivity contribution in [1.29, 1.82) is 0 Å². The Hall–Kier alpha value is -2.54. The lowest BCUT2D eigenvalue weighted by molar-refractivity contribution is 0.598. The minimum absolute atomic E-state index is 0.525. The quantitative estimate of drug-likeness (QED) is 0.753. The highest BCUT2D eigenvalue weighted by atomic mass is 15.4. The summed E-state index contributed by atoms with van der Waals surface area (Å²) < 4.78 is 3.41. The van der Waals surface area contributed by atoms with Gasteiger partial charge in [0.15, 0.2) is 11.6 Å². The minimum Gasteiger partial charge on any atom is -0.329 e.